The Kier molecular flexibility index (Phi) is 7.05. The van der Waals surface area contributed by atoms with Crippen molar-refractivity contribution in [1.82, 2.24) is 0 Å². The van der Waals surface area contributed by atoms with Gasteiger partial charge in [-0.1, -0.05) is 0 Å². The first-order chi connectivity index (χ1) is 15.5. The number of halogens is 2. The third-order valence-corrected chi connectivity index (χ3v) is 9.64. The van der Waals surface area contributed by atoms with E-state index in [0.717, 1.165) is 6.42 Å². The van der Waals surface area contributed by atoms with Gasteiger partial charge >= 0.3 is 203 Å². The van der Waals surface area contributed by atoms with E-state index in [0.29, 0.717) is 5.92 Å². The summed E-state index contributed by atoms with van der Waals surface area (Å²) in [5.41, 5.74) is 9.06. The molecule has 4 aromatic rings. The second-order valence-electron chi connectivity index (χ2n) is 10.2. The molecule has 34 heavy (non-hydrogen) atoms. The van der Waals surface area contributed by atoms with Crippen LogP contribution in [0.25, 0.3) is 32.7 Å². The molecule has 0 amide bonds. The van der Waals surface area contributed by atoms with E-state index in [1.165, 1.54) is 44.0 Å². The van der Waals surface area contributed by atoms with Crippen molar-refractivity contribution in [3.05, 3.63) is 101 Å². The summed E-state index contributed by atoms with van der Waals surface area (Å²) in [7, 11) is 0. The molecule has 0 aliphatic heterocycles. The smallest absolute Gasteiger partial charge is 1.00 e. The van der Waals surface area contributed by atoms with Crippen molar-refractivity contribution in [2.75, 3.05) is 0 Å². The fourth-order valence-corrected chi connectivity index (χ4v) is 7.70. The van der Waals surface area contributed by atoms with E-state index in [1.54, 1.807) is 14.2 Å². The van der Waals surface area contributed by atoms with Crippen molar-refractivity contribution in [3.8, 4) is 11.1 Å². The SMILES string of the molecule is [CH3][Zr+2][c]1cccc2c1c1c(c3cccc(C4C=CC(C(C)(C)C)=C4)c32)-c2ccccc2C1.[Cl-].[Cl-]. The van der Waals surface area contributed by atoms with Crippen LogP contribution in [0.4, 0.5) is 0 Å². The van der Waals surface area contributed by atoms with Crippen LogP contribution in [0.2, 0.25) is 4.63 Å². The molecule has 0 fully saturated rings. The molecule has 2 aliphatic carbocycles. The first kappa shape index (κ1) is 25.4. The minimum atomic E-state index is -0.585. The van der Waals surface area contributed by atoms with Crippen molar-refractivity contribution in [2.24, 2.45) is 5.41 Å². The van der Waals surface area contributed by atoms with Crippen LogP contribution in [0, 0.1) is 5.41 Å². The Morgan fingerprint density at radius 2 is 1.56 bits per heavy atom. The summed E-state index contributed by atoms with van der Waals surface area (Å²) in [6.45, 7) is 6.94. The topological polar surface area (TPSA) is 0 Å². The van der Waals surface area contributed by atoms with Gasteiger partial charge in [0.25, 0.3) is 0 Å². The third kappa shape index (κ3) is 3.85. The van der Waals surface area contributed by atoms with Gasteiger partial charge in [-0.2, -0.15) is 0 Å². The Morgan fingerprint density at radius 1 is 0.824 bits per heavy atom. The number of allylic oxidation sites excluding steroid dienone is 4. The maximum Gasteiger partial charge on any atom is -1.00 e. The quantitative estimate of drug-likeness (QED) is 0.289. The predicted molar refractivity (Wildman–Crippen MR) is 135 cm³/mol. The van der Waals surface area contributed by atoms with Gasteiger partial charge in [0.1, 0.15) is 0 Å². The summed E-state index contributed by atoms with van der Waals surface area (Å²) < 4.78 is 4.10. The maximum absolute atomic E-state index is 2.49. The van der Waals surface area contributed by atoms with Gasteiger partial charge in [-0.25, -0.2) is 0 Å². The third-order valence-electron chi connectivity index (χ3n) is 7.29. The standard InChI is InChI=1S/C30H25.CH3.2ClH.Zr/c1-30(2,3)21-16-15-20(17-21)23-13-8-14-26-28(23)25-12-7-6-11-24(25)27-18-19-9-4-5-10-22(19)29(26)27;;;;/h4-10,12-17,20H,18H2,1-3H3;1H3;2*1H;/q;;;;+2/p-2. The molecule has 0 nitrogen and oxygen atoms in total. The molecule has 0 N–H and O–H groups in total. The van der Waals surface area contributed by atoms with Gasteiger partial charge in [-0.3, -0.25) is 0 Å². The normalized spacial score (nSPS) is 15.9. The average Bonchev–Trinajstić information content (AvgIpc) is 3.44. The van der Waals surface area contributed by atoms with E-state index in [1.807, 2.05) is 0 Å². The van der Waals surface area contributed by atoms with Crippen LogP contribution in [0.15, 0.2) is 84.5 Å². The monoisotopic (exact) mass is 560 g/mol. The molecule has 1 atom stereocenters. The molecule has 0 bridgehead atoms. The van der Waals surface area contributed by atoms with Gasteiger partial charge in [-0.15, -0.1) is 0 Å². The van der Waals surface area contributed by atoms with Gasteiger partial charge in [0.15, 0.2) is 0 Å². The summed E-state index contributed by atoms with van der Waals surface area (Å²) in [6, 6.07) is 23.2. The summed E-state index contributed by atoms with van der Waals surface area (Å²) in [4.78, 5) is 0. The number of rotatable bonds is 2. The first-order valence-corrected chi connectivity index (χ1v) is 15.3. The number of benzene rings is 4. The van der Waals surface area contributed by atoms with E-state index in [9.17, 15) is 0 Å². The average molecular weight is 563 g/mol. The Hall–Kier alpha value is -1.66. The van der Waals surface area contributed by atoms with Crippen molar-refractivity contribution in [2.45, 2.75) is 37.7 Å². The van der Waals surface area contributed by atoms with Crippen molar-refractivity contribution < 1.29 is 48.0 Å². The van der Waals surface area contributed by atoms with E-state index < -0.39 is 23.2 Å². The second-order valence-corrected chi connectivity index (χ2v) is 12.7. The Morgan fingerprint density at radius 3 is 2.29 bits per heavy atom. The Bertz CT molecular complexity index is 1470. The fourth-order valence-electron chi connectivity index (χ4n) is 5.74. The molecule has 2 aliphatic rings. The Balaban J connectivity index is 0.00000137. The number of hydrogen-bond acceptors (Lipinski definition) is 0. The van der Waals surface area contributed by atoms with Gasteiger partial charge in [-0.05, 0) is 0 Å². The van der Waals surface area contributed by atoms with Crippen LogP contribution < -0.4 is 28.1 Å². The summed E-state index contributed by atoms with van der Waals surface area (Å²) >= 11 is -0.585. The molecule has 3 heteroatoms. The van der Waals surface area contributed by atoms with E-state index in [2.05, 4.69) is 104 Å². The summed E-state index contributed by atoms with van der Waals surface area (Å²) in [6.07, 6.45) is 8.31. The fraction of sp³-hybridized carbons (Fsp3) is 0.226. The van der Waals surface area contributed by atoms with Gasteiger partial charge in [0.05, 0.1) is 0 Å². The molecule has 0 saturated heterocycles. The van der Waals surface area contributed by atoms with Crippen molar-refractivity contribution in [1.29, 1.82) is 0 Å². The van der Waals surface area contributed by atoms with Crippen LogP contribution in [0.5, 0.6) is 0 Å². The summed E-state index contributed by atoms with van der Waals surface area (Å²) in [5.74, 6) is 0.344. The van der Waals surface area contributed by atoms with Crippen LogP contribution in [0.1, 0.15) is 43.4 Å². The molecule has 0 heterocycles. The second kappa shape index (κ2) is 9.42. The van der Waals surface area contributed by atoms with Gasteiger partial charge in [0, 0.05) is 0 Å². The van der Waals surface area contributed by atoms with Crippen LogP contribution in [-0.2, 0) is 29.7 Å². The van der Waals surface area contributed by atoms with E-state index in [-0.39, 0.29) is 30.2 Å². The molecule has 170 valence electrons. The minimum absolute atomic E-state index is 0. The van der Waals surface area contributed by atoms with Crippen molar-refractivity contribution >= 4 is 24.8 Å². The minimum Gasteiger partial charge on any atom is -1.00 e. The molecule has 6 rings (SSSR count). The first-order valence-electron chi connectivity index (χ1n) is 11.6. The number of fused-ring (bicyclic) bond motifs is 8. The van der Waals surface area contributed by atoms with Crippen LogP contribution in [-0.4, -0.2) is 0 Å². The molecule has 1 unspecified atom stereocenters. The zero-order valence-electron chi connectivity index (χ0n) is 20.0. The zero-order chi connectivity index (χ0) is 22.0. The maximum atomic E-state index is 2.49. The van der Waals surface area contributed by atoms with Crippen molar-refractivity contribution in [3.63, 3.8) is 0 Å². The van der Waals surface area contributed by atoms with Crippen LogP contribution >= 0.6 is 0 Å². The van der Waals surface area contributed by atoms with Gasteiger partial charge < -0.3 is 24.8 Å². The molecular formula is C31H28Cl2Zr. The molecule has 0 saturated carbocycles. The van der Waals surface area contributed by atoms with Crippen LogP contribution in [0.3, 0.4) is 0 Å². The largest absolute Gasteiger partial charge is 1.00 e. The van der Waals surface area contributed by atoms with E-state index >= 15 is 0 Å². The molecule has 0 spiro atoms. The summed E-state index contributed by atoms with van der Waals surface area (Å²) in [5, 5.41) is 5.93. The molecular weight excluding hydrogens is 534 g/mol. The zero-order valence-corrected chi connectivity index (χ0v) is 24.0. The molecule has 4 aromatic carbocycles. The molecule has 0 aromatic heterocycles. The predicted octanol–water partition coefficient (Wildman–Crippen LogP) is 1.95. The van der Waals surface area contributed by atoms with E-state index in [4.69, 9.17) is 0 Å². The number of hydrogen-bond donors (Lipinski definition) is 0. The van der Waals surface area contributed by atoms with Gasteiger partial charge in [0.2, 0.25) is 0 Å². The molecule has 0 radical (unpaired) electrons. The Labute approximate surface area is 226 Å².